The lowest BCUT2D eigenvalue weighted by atomic mass is 10.1. The normalized spacial score (nSPS) is 12.5. The van der Waals surface area contributed by atoms with E-state index in [-0.39, 0.29) is 40.9 Å². The first-order chi connectivity index (χ1) is 20.0. The molecule has 3 N–H and O–H groups in total. The molecule has 226 valence electrons. The van der Waals surface area contributed by atoms with Gasteiger partial charge in [0.25, 0.3) is 0 Å². The molecule has 1 heterocycles. The molecular formula is C24H18N3O13S3-. The van der Waals surface area contributed by atoms with Crippen LogP contribution in [0.5, 0.6) is 17.2 Å². The molecule has 0 amide bonds. The third-order valence-electron chi connectivity index (χ3n) is 5.14. The van der Waals surface area contributed by atoms with Crippen LogP contribution in [0.4, 0.5) is 5.82 Å². The Kier molecular flexibility index (Phi) is 8.94. The van der Waals surface area contributed by atoms with Gasteiger partial charge in [0.1, 0.15) is 22.9 Å². The number of aromatic nitrogens is 2. The van der Waals surface area contributed by atoms with E-state index in [0.29, 0.717) is 16.7 Å². The van der Waals surface area contributed by atoms with Crippen LogP contribution in [0.25, 0.3) is 22.5 Å². The van der Waals surface area contributed by atoms with E-state index in [1.54, 1.807) is 0 Å². The van der Waals surface area contributed by atoms with Crippen molar-refractivity contribution in [2.75, 3.05) is 0 Å². The van der Waals surface area contributed by atoms with Crippen LogP contribution in [0.15, 0.2) is 84.0 Å². The highest BCUT2D eigenvalue weighted by atomic mass is 32.3. The standard InChI is InChI=1S/C24H19N3O13S3/c28-22(13-15-1-7-18(8-2-15)38-41(29,30)31)27-24-23(17-5-11-20(12-6-17)40-43(35,36)37)26-21(14-25-24)16-3-9-19(10-4-16)39-42(32,33)34/h1-12,14H,13H2,(H,25,27,28)(H,29,30,31)(H,32,33,34)(H,35,36,37)/p-1. The molecule has 4 aromatic rings. The molecule has 0 saturated heterocycles. The monoisotopic (exact) mass is 652 g/mol. The summed E-state index contributed by atoms with van der Waals surface area (Å²) in [6, 6.07) is 15.7. The predicted octanol–water partition coefficient (Wildman–Crippen LogP) is 1.99. The van der Waals surface area contributed by atoms with E-state index in [4.69, 9.17) is 13.7 Å². The largest absolute Gasteiger partial charge is 0.861 e. The first-order valence-electron chi connectivity index (χ1n) is 11.5. The van der Waals surface area contributed by atoms with Gasteiger partial charge in [-0.3, -0.25) is 13.7 Å². The Morgan fingerprint density at radius 2 is 1.09 bits per heavy atom. The first-order valence-corrected chi connectivity index (χ1v) is 15.5. The van der Waals surface area contributed by atoms with Crippen molar-refractivity contribution in [1.82, 2.24) is 9.97 Å². The zero-order valence-corrected chi connectivity index (χ0v) is 23.7. The fourth-order valence-electron chi connectivity index (χ4n) is 3.51. The van der Waals surface area contributed by atoms with Gasteiger partial charge in [0.15, 0.2) is 5.82 Å². The summed E-state index contributed by atoms with van der Waals surface area (Å²) in [5.74, 6) is -1.39. The topological polar surface area (TPSA) is 252 Å². The minimum absolute atomic E-state index is 0.0689. The summed E-state index contributed by atoms with van der Waals surface area (Å²) in [5.41, 5.74) is 1.46. The van der Waals surface area contributed by atoms with Gasteiger partial charge in [-0.25, -0.2) is 15.0 Å². The van der Waals surface area contributed by atoms with Crippen molar-refractivity contribution in [3.05, 3.63) is 84.6 Å². The smallest absolute Gasteiger partial charge is 0.446 e. The predicted molar refractivity (Wildman–Crippen MR) is 147 cm³/mol. The third kappa shape index (κ3) is 9.70. The molecule has 0 aliphatic carbocycles. The van der Waals surface area contributed by atoms with Gasteiger partial charge in [-0.05, 0) is 72.1 Å². The highest BCUT2D eigenvalue weighted by molar-refractivity contribution is 7.81. The van der Waals surface area contributed by atoms with Gasteiger partial charge < -0.3 is 17.7 Å². The van der Waals surface area contributed by atoms with Crippen LogP contribution in [-0.4, -0.2) is 54.8 Å². The van der Waals surface area contributed by atoms with Gasteiger partial charge in [0, 0.05) is 17.5 Å². The Morgan fingerprint density at radius 3 is 1.53 bits per heavy atom. The molecule has 16 nitrogen and oxygen atoms in total. The van der Waals surface area contributed by atoms with Crippen LogP contribution in [-0.2, 0) is 37.6 Å². The minimum atomic E-state index is -4.78. The summed E-state index contributed by atoms with van der Waals surface area (Å²) >= 11 is 0. The molecule has 0 aliphatic heterocycles. The molecule has 3 aromatic carbocycles. The lowest BCUT2D eigenvalue weighted by molar-refractivity contribution is -0.217. The van der Waals surface area contributed by atoms with Gasteiger partial charge in [0.05, 0.1) is 11.9 Å². The van der Waals surface area contributed by atoms with E-state index in [1.165, 1.54) is 79.0 Å². The second-order valence-electron chi connectivity index (χ2n) is 8.34. The summed E-state index contributed by atoms with van der Waals surface area (Å²) in [5, 5.41) is 12.8. The fraction of sp³-hybridized carbons (Fsp3) is 0.0417. The van der Waals surface area contributed by atoms with Gasteiger partial charge in [-0.15, -0.1) is 0 Å². The van der Waals surface area contributed by atoms with Crippen molar-refractivity contribution in [2.24, 2.45) is 4.99 Å². The number of rotatable bonds is 11. The molecule has 0 bridgehead atoms. The van der Waals surface area contributed by atoms with Crippen LogP contribution in [0.1, 0.15) is 5.56 Å². The quantitative estimate of drug-likeness (QED) is 0.119. The van der Waals surface area contributed by atoms with Crippen molar-refractivity contribution < 1.29 is 56.6 Å². The summed E-state index contributed by atoms with van der Waals surface area (Å²) in [4.78, 5) is 12.8. The average Bonchev–Trinajstić information content (AvgIpc) is 2.88. The average molecular weight is 653 g/mol. The van der Waals surface area contributed by atoms with Crippen molar-refractivity contribution >= 4 is 42.9 Å². The van der Waals surface area contributed by atoms with Gasteiger partial charge in [0.2, 0.25) is 0 Å². The van der Waals surface area contributed by atoms with Crippen molar-refractivity contribution in [2.45, 2.75) is 6.42 Å². The van der Waals surface area contributed by atoms with Crippen LogP contribution < -0.4 is 17.7 Å². The van der Waals surface area contributed by atoms with E-state index in [2.05, 4.69) is 27.5 Å². The highest BCUT2D eigenvalue weighted by Crippen LogP contribution is 2.31. The molecule has 4 rings (SSSR count). The maximum Gasteiger partial charge on any atom is 0.446 e. The number of hydrogen-bond donors (Lipinski definition) is 3. The summed E-state index contributed by atoms with van der Waals surface area (Å²) in [6.07, 6.45) is 1.04. The first kappa shape index (κ1) is 31.3. The van der Waals surface area contributed by atoms with E-state index < -0.39 is 37.1 Å². The molecule has 0 unspecified atom stereocenters. The summed E-state index contributed by atoms with van der Waals surface area (Å²) in [7, 11) is -14.2. The summed E-state index contributed by atoms with van der Waals surface area (Å²) < 4.78 is 105. The summed E-state index contributed by atoms with van der Waals surface area (Å²) in [6.45, 7) is 0. The van der Waals surface area contributed by atoms with Gasteiger partial charge in [-0.2, -0.15) is 25.3 Å². The molecule has 0 spiro atoms. The number of aliphatic imine (C=N–C) groups is 1. The third-order valence-corrected chi connectivity index (χ3v) is 6.35. The molecule has 43 heavy (non-hydrogen) atoms. The fourth-order valence-corrected chi connectivity index (χ4v) is 4.57. The molecule has 0 aliphatic rings. The lowest BCUT2D eigenvalue weighted by Gasteiger charge is -2.13. The van der Waals surface area contributed by atoms with Gasteiger partial charge >= 0.3 is 31.2 Å². The Balaban J connectivity index is 1.68. The zero-order valence-electron chi connectivity index (χ0n) is 21.2. The van der Waals surface area contributed by atoms with Crippen molar-refractivity contribution in [1.29, 1.82) is 0 Å². The Bertz CT molecular complexity index is 1980. The van der Waals surface area contributed by atoms with E-state index >= 15 is 0 Å². The van der Waals surface area contributed by atoms with Crippen LogP contribution in [0, 0.1) is 0 Å². The second kappa shape index (κ2) is 12.3. The Hall–Kier alpha value is -4.66. The van der Waals surface area contributed by atoms with Crippen molar-refractivity contribution in [3.63, 3.8) is 0 Å². The van der Waals surface area contributed by atoms with Crippen LogP contribution in [0.3, 0.4) is 0 Å². The number of nitrogens with zero attached hydrogens (tertiary/aromatic N) is 3. The minimum Gasteiger partial charge on any atom is -0.861 e. The van der Waals surface area contributed by atoms with E-state index in [9.17, 15) is 30.4 Å². The van der Waals surface area contributed by atoms with E-state index in [1.807, 2.05) is 0 Å². The highest BCUT2D eigenvalue weighted by Gasteiger charge is 2.14. The maximum atomic E-state index is 12.8. The van der Waals surface area contributed by atoms with Crippen molar-refractivity contribution in [3.8, 4) is 39.8 Å². The number of benzene rings is 3. The molecule has 0 radical (unpaired) electrons. The van der Waals surface area contributed by atoms with E-state index in [0.717, 1.165) is 0 Å². The molecule has 0 saturated carbocycles. The SMILES string of the molecule is O=S(=O)(O)Oc1ccc(CC([O-])=Nc2ncc(-c3ccc(OS(=O)(=O)O)cc3)nc2-c2ccc(OS(=O)(=O)O)cc2)cc1. The van der Waals surface area contributed by atoms with Gasteiger partial charge in [-0.1, -0.05) is 12.1 Å². The maximum absolute atomic E-state index is 12.8. The van der Waals surface area contributed by atoms with Crippen LogP contribution in [0.2, 0.25) is 0 Å². The molecule has 0 atom stereocenters. The molecule has 0 fully saturated rings. The number of hydrogen-bond acceptors (Lipinski definition) is 13. The Labute approximate surface area is 244 Å². The zero-order chi connectivity index (χ0) is 31.4. The van der Waals surface area contributed by atoms with Crippen LogP contribution >= 0.6 is 0 Å². The molecule has 1 aromatic heterocycles. The molecular weight excluding hydrogens is 634 g/mol. The Morgan fingerprint density at radius 1 is 0.674 bits per heavy atom. The second-order valence-corrected chi connectivity index (χ2v) is 11.4. The lowest BCUT2D eigenvalue weighted by Crippen LogP contribution is -2.20. The molecule has 19 heteroatoms.